The quantitative estimate of drug-likeness (QED) is 0.485. The van der Waals surface area contributed by atoms with Gasteiger partial charge in [0.05, 0.1) is 6.26 Å². The highest BCUT2D eigenvalue weighted by atomic mass is 16.4. The highest BCUT2D eigenvalue weighted by Gasteiger charge is 2.16. The van der Waals surface area contributed by atoms with E-state index in [-0.39, 0.29) is 5.63 Å². The molecule has 23 heavy (non-hydrogen) atoms. The number of aryl methyl sites for hydroxylation is 2. The Morgan fingerprint density at radius 2 is 1.78 bits per heavy atom. The predicted octanol–water partition coefficient (Wildman–Crippen LogP) is 5.08. The van der Waals surface area contributed by atoms with Crippen LogP contribution in [0.1, 0.15) is 18.1 Å². The molecule has 0 aliphatic rings. The zero-order chi connectivity index (χ0) is 16.0. The lowest BCUT2D eigenvalue weighted by molar-refractivity contribution is 0.556. The van der Waals surface area contributed by atoms with Gasteiger partial charge in [0, 0.05) is 22.4 Å². The molecule has 114 valence electrons. The van der Waals surface area contributed by atoms with Crippen LogP contribution in [-0.4, -0.2) is 0 Å². The van der Waals surface area contributed by atoms with Gasteiger partial charge in [0.25, 0.3) is 0 Å². The maximum absolute atomic E-state index is 12.0. The molecule has 0 aliphatic carbocycles. The lowest BCUT2D eigenvalue weighted by atomic mass is 9.98. The van der Waals surface area contributed by atoms with Gasteiger partial charge in [-0.3, -0.25) is 0 Å². The first-order valence-corrected chi connectivity index (χ1v) is 7.72. The Labute approximate surface area is 133 Å². The molecule has 2 aromatic heterocycles. The SMILES string of the molecule is CCc1coc2c(C)c3oc(=O)cc(-c4ccccc4)c3cc12. The fraction of sp³-hybridized carbons (Fsp3) is 0.150. The minimum atomic E-state index is -0.346. The van der Waals surface area contributed by atoms with Gasteiger partial charge in [-0.25, -0.2) is 4.79 Å². The van der Waals surface area contributed by atoms with Crippen LogP contribution >= 0.6 is 0 Å². The Bertz CT molecular complexity index is 1070. The first-order chi connectivity index (χ1) is 11.2. The van der Waals surface area contributed by atoms with Gasteiger partial charge >= 0.3 is 5.63 Å². The van der Waals surface area contributed by atoms with E-state index in [0.717, 1.165) is 45.0 Å². The van der Waals surface area contributed by atoms with Crippen LogP contribution in [-0.2, 0) is 6.42 Å². The molecule has 0 radical (unpaired) electrons. The molecule has 2 aromatic carbocycles. The van der Waals surface area contributed by atoms with Gasteiger partial charge in [-0.05, 0) is 36.1 Å². The second kappa shape index (κ2) is 5.13. The highest BCUT2D eigenvalue weighted by Crippen LogP contribution is 2.35. The minimum Gasteiger partial charge on any atom is -0.464 e. The number of benzene rings is 2. The maximum atomic E-state index is 12.0. The van der Waals surface area contributed by atoms with Gasteiger partial charge in [0.2, 0.25) is 0 Å². The van der Waals surface area contributed by atoms with E-state index < -0.39 is 0 Å². The topological polar surface area (TPSA) is 43.4 Å². The third kappa shape index (κ3) is 2.08. The second-order valence-electron chi connectivity index (χ2n) is 5.71. The first kappa shape index (κ1) is 13.8. The molecule has 3 heteroatoms. The summed E-state index contributed by atoms with van der Waals surface area (Å²) in [4.78, 5) is 12.0. The highest BCUT2D eigenvalue weighted by molar-refractivity contribution is 6.04. The summed E-state index contributed by atoms with van der Waals surface area (Å²) in [6, 6.07) is 13.5. The average Bonchev–Trinajstić information content (AvgIpc) is 2.99. The molecule has 0 unspecified atom stereocenters. The molecule has 2 heterocycles. The first-order valence-electron chi connectivity index (χ1n) is 7.72. The normalized spacial score (nSPS) is 11.4. The summed E-state index contributed by atoms with van der Waals surface area (Å²) in [7, 11) is 0. The molecule has 4 rings (SSSR count). The summed E-state index contributed by atoms with van der Waals surface area (Å²) < 4.78 is 11.2. The zero-order valence-corrected chi connectivity index (χ0v) is 13.1. The summed E-state index contributed by atoms with van der Waals surface area (Å²) in [5.74, 6) is 0. The van der Waals surface area contributed by atoms with Crippen LogP contribution in [0.2, 0.25) is 0 Å². The summed E-state index contributed by atoms with van der Waals surface area (Å²) >= 11 is 0. The average molecular weight is 304 g/mol. The van der Waals surface area contributed by atoms with Crippen LogP contribution in [0.3, 0.4) is 0 Å². The lowest BCUT2D eigenvalue weighted by Crippen LogP contribution is -1.99. The number of furan rings is 1. The van der Waals surface area contributed by atoms with E-state index in [1.165, 1.54) is 0 Å². The summed E-state index contributed by atoms with van der Waals surface area (Å²) in [5, 5.41) is 2.03. The van der Waals surface area contributed by atoms with E-state index in [9.17, 15) is 4.79 Å². The largest absolute Gasteiger partial charge is 0.464 e. The van der Waals surface area contributed by atoms with Gasteiger partial charge in [-0.2, -0.15) is 0 Å². The molecule has 3 nitrogen and oxygen atoms in total. The molecule has 0 saturated carbocycles. The standard InChI is InChI=1S/C20H16O3/c1-3-13-11-22-19-12(2)20-17(9-16(13)19)15(10-18(21)23-20)14-7-5-4-6-8-14/h4-11H,3H2,1-2H3. The van der Waals surface area contributed by atoms with Crippen molar-refractivity contribution in [1.29, 1.82) is 0 Å². The van der Waals surface area contributed by atoms with E-state index in [2.05, 4.69) is 13.0 Å². The van der Waals surface area contributed by atoms with E-state index >= 15 is 0 Å². The van der Waals surface area contributed by atoms with Crippen molar-refractivity contribution in [2.45, 2.75) is 20.3 Å². The van der Waals surface area contributed by atoms with Crippen LogP contribution in [0.4, 0.5) is 0 Å². The Morgan fingerprint density at radius 3 is 2.52 bits per heavy atom. The van der Waals surface area contributed by atoms with Gasteiger partial charge in [0.1, 0.15) is 11.2 Å². The van der Waals surface area contributed by atoms with Crippen molar-refractivity contribution in [3.05, 3.63) is 70.3 Å². The van der Waals surface area contributed by atoms with Crippen LogP contribution < -0.4 is 5.63 Å². The van der Waals surface area contributed by atoms with Crippen LogP contribution in [0, 0.1) is 6.92 Å². The van der Waals surface area contributed by atoms with Crippen molar-refractivity contribution in [3.63, 3.8) is 0 Å². The molecular formula is C20H16O3. The molecule has 0 bridgehead atoms. The molecule has 0 fully saturated rings. The van der Waals surface area contributed by atoms with E-state index in [0.29, 0.717) is 5.58 Å². The van der Waals surface area contributed by atoms with Gasteiger partial charge < -0.3 is 8.83 Å². The molecule has 0 amide bonds. The number of rotatable bonds is 2. The number of hydrogen-bond acceptors (Lipinski definition) is 3. The summed E-state index contributed by atoms with van der Waals surface area (Å²) in [6.45, 7) is 4.04. The summed E-state index contributed by atoms with van der Waals surface area (Å²) in [6.07, 6.45) is 2.69. The van der Waals surface area contributed by atoms with E-state index in [1.54, 1.807) is 12.3 Å². The monoisotopic (exact) mass is 304 g/mol. The van der Waals surface area contributed by atoms with Crippen molar-refractivity contribution in [1.82, 2.24) is 0 Å². The molecule has 0 spiro atoms. The van der Waals surface area contributed by atoms with Crippen molar-refractivity contribution in [3.8, 4) is 11.1 Å². The fourth-order valence-electron chi connectivity index (χ4n) is 3.15. The van der Waals surface area contributed by atoms with E-state index in [4.69, 9.17) is 8.83 Å². The summed E-state index contributed by atoms with van der Waals surface area (Å²) in [5.41, 5.74) is 4.97. The maximum Gasteiger partial charge on any atom is 0.336 e. The van der Waals surface area contributed by atoms with Crippen molar-refractivity contribution >= 4 is 21.9 Å². The van der Waals surface area contributed by atoms with Gasteiger partial charge in [-0.15, -0.1) is 0 Å². The third-order valence-electron chi connectivity index (χ3n) is 4.34. The Balaban J connectivity index is 2.19. The zero-order valence-electron chi connectivity index (χ0n) is 13.1. The van der Waals surface area contributed by atoms with Crippen LogP contribution in [0.5, 0.6) is 0 Å². The van der Waals surface area contributed by atoms with E-state index in [1.807, 2.05) is 37.3 Å². The molecule has 0 saturated heterocycles. The minimum absolute atomic E-state index is 0.346. The molecule has 0 N–H and O–H groups in total. The number of hydrogen-bond donors (Lipinski definition) is 0. The number of fused-ring (bicyclic) bond motifs is 2. The molecule has 0 atom stereocenters. The van der Waals surface area contributed by atoms with Crippen LogP contribution in [0.25, 0.3) is 33.1 Å². The lowest BCUT2D eigenvalue weighted by Gasteiger charge is -2.08. The third-order valence-corrected chi connectivity index (χ3v) is 4.34. The van der Waals surface area contributed by atoms with Crippen molar-refractivity contribution < 1.29 is 8.83 Å². The Hall–Kier alpha value is -2.81. The predicted molar refractivity (Wildman–Crippen MR) is 91.8 cm³/mol. The fourth-order valence-corrected chi connectivity index (χ4v) is 3.15. The molecule has 0 aliphatic heterocycles. The smallest absolute Gasteiger partial charge is 0.336 e. The Kier molecular flexibility index (Phi) is 3.08. The second-order valence-corrected chi connectivity index (χ2v) is 5.71. The van der Waals surface area contributed by atoms with Crippen LogP contribution in [0.15, 0.2) is 62.4 Å². The van der Waals surface area contributed by atoms with Gasteiger partial charge in [0.15, 0.2) is 0 Å². The van der Waals surface area contributed by atoms with Crippen molar-refractivity contribution in [2.24, 2.45) is 0 Å². The van der Waals surface area contributed by atoms with Gasteiger partial charge in [-0.1, -0.05) is 37.3 Å². The molecular weight excluding hydrogens is 288 g/mol. The Morgan fingerprint density at radius 1 is 1.00 bits per heavy atom. The molecule has 4 aromatic rings. The van der Waals surface area contributed by atoms with Crippen molar-refractivity contribution in [2.75, 3.05) is 0 Å².